The monoisotopic (exact) mass is 258 g/mol. The second kappa shape index (κ2) is 7.17. The summed E-state index contributed by atoms with van der Waals surface area (Å²) >= 11 is 0. The number of pyridine rings is 1. The van der Waals surface area contributed by atoms with E-state index in [2.05, 4.69) is 10.3 Å². The van der Waals surface area contributed by atoms with Gasteiger partial charge in [-0.2, -0.15) is 0 Å². The summed E-state index contributed by atoms with van der Waals surface area (Å²) in [6.07, 6.45) is 1.85. The van der Waals surface area contributed by atoms with Gasteiger partial charge in [0.05, 0.1) is 11.9 Å². The van der Waals surface area contributed by atoms with Gasteiger partial charge in [-0.3, -0.25) is 10.3 Å². The van der Waals surface area contributed by atoms with Crippen LogP contribution >= 0.6 is 0 Å². The topological polar surface area (TPSA) is 91.3 Å². The van der Waals surface area contributed by atoms with E-state index in [1.54, 1.807) is 20.8 Å². The number of hydrogen-bond donors (Lipinski definition) is 1. The van der Waals surface area contributed by atoms with Gasteiger partial charge in [-0.1, -0.05) is 0 Å². The number of nitrogens with one attached hydrogen (secondary N) is 1. The Hall–Kier alpha value is -1.51. The average molecular weight is 258 g/mol. The summed E-state index contributed by atoms with van der Waals surface area (Å²) in [5.41, 5.74) is 0.0904. The summed E-state index contributed by atoms with van der Waals surface area (Å²) in [6.45, 7) is 5.20. The van der Waals surface area contributed by atoms with Gasteiger partial charge in [0.2, 0.25) is 0 Å². The Morgan fingerprint density at radius 2 is 2.05 bits per heavy atom. The summed E-state index contributed by atoms with van der Waals surface area (Å²) in [5, 5.41) is 13.0. The molecule has 1 heterocycles. The molecule has 0 fully saturated rings. The number of carbonyl (C=O) groups excluding carboxylic acids is 2. The number of carboxylic acids is 1. The molecule has 6 nitrogen and oxygen atoms in total. The Balaban J connectivity index is 0.00000324. The zero-order valence-corrected chi connectivity index (χ0v) is 11.5. The van der Waals surface area contributed by atoms with E-state index in [1.165, 1.54) is 18.5 Å². The van der Waals surface area contributed by atoms with Crippen molar-refractivity contribution in [3.05, 3.63) is 24.0 Å². The molecule has 98 valence electrons. The Morgan fingerprint density at radius 3 is 2.58 bits per heavy atom. The van der Waals surface area contributed by atoms with Crippen molar-refractivity contribution in [1.82, 2.24) is 4.98 Å². The van der Waals surface area contributed by atoms with Crippen molar-refractivity contribution in [1.29, 1.82) is 0 Å². The minimum Gasteiger partial charge on any atom is -0.550 e. The van der Waals surface area contributed by atoms with E-state index in [-0.39, 0.29) is 25.3 Å². The zero-order valence-electron chi connectivity index (χ0n) is 11.5. The normalized spacial score (nSPS) is 10.3. The maximum Gasteiger partial charge on any atom is 1.00 e. The fraction of sp³-hybridized carbons (Fsp3) is 0.417. The van der Waals surface area contributed by atoms with E-state index in [1.807, 2.05) is 0 Å². The van der Waals surface area contributed by atoms with E-state index in [0.717, 1.165) is 0 Å². The van der Waals surface area contributed by atoms with Crippen LogP contribution < -0.4 is 29.3 Å². The summed E-state index contributed by atoms with van der Waals surface area (Å²) in [6, 6.07) is 1.50. The third-order valence-corrected chi connectivity index (χ3v) is 1.88. The van der Waals surface area contributed by atoms with Crippen molar-refractivity contribution in [3.8, 4) is 0 Å². The third-order valence-electron chi connectivity index (χ3n) is 1.88. The summed E-state index contributed by atoms with van der Waals surface area (Å²) in [4.78, 5) is 25.9. The third kappa shape index (κ3) is 6.84. The van der Waals surface area contributed by atoms with E-state index in [4.69, 9.17) is 4.74 Å². The van der Waals surface area contributed by atoms with Gasteiger partial charge < -0.3 is 14.6 Å². The number of aliphatic carboxylic acids is 1. The van der Waals surface area contributed by atoms with Crippen LogP contribution in [0.5, 0.6) is 0 Å². The fourth-order valence-electron chi connectivity index (χ4n) is 1.26. The molecular formula is C12H15LiN2O4. The molecule has 0 aliphatic carbocycles. The number of anilines is 1. The summed E-state index contributed by atoms with van der Waals surface area (Å²) in [7, 11) is 0. The fourth-order valence-corrected chi connectivity index (χ4v) is 1.26. The first-order valence-corrected chi connectivity index (χ1v) is 5.40. The molecule has 0 saturated heterocycles. The van der Waals surface area contributed by atoms with Crippen molar-refractivity contribution < 1.29 is 38.3 Å². The van der Waals surface area contributed by atoms with E-state index in [9.17, 15) is 14.7 Å². The maximum absolute atomic E-state index is 11.5. The molecular weight excluding hydrogens is 243 g/mol. The number of aromatic nitrogens is 1. The molecule has 1 amide bonds. The number of carbonyl (C=O) groups is 2. The largest absolute Gasteiger partial charge is 1.00 e. The second-order valence-electron chi connectivity index (χ2n) is 4.71. The maximum atomic E-state index is 11.5. The SMILES string of the molecule is CC(C)(C)OC(=O)Nc1cnccc1CC(=O)[O-].[Li+]. The van der Waals surface area contributed by atoms with Gasteiger partial charge in [0.25, 0.3) is 0 Å². The molecule has 7 heteroatoms. The van der Waals surface area contributed by atoms with Crippen LogP contribution in [0, 0.1) is 0 Å². The predicted molar refractivity (Wildman–Crippen MR) is 62.8 cm³/mol. The molecule has 0 radical (unpaired) electrons. The summed E-state index contributed by atoms with van der Waals surface area (Å²) < 4.78 is 5.06. The Morgan fingerprint density at radius 1 is 1.42 bits per heavy atom. The smallest absolute Gasteiger partial charge is 0.550 e. The van der Waals surface area contributed by atoms with E-state index >= 15 is 0 Å². The first-order chi connectivity index (χ1) is 8.28. The van der Waals surface area contributed by atoms with Gasteiger partial charge >= 0.3 is 25.0 Å². The van der Waals surface area contributed by atoms with Crippen molar-refractivity contribution in [2.24, 2.45) is 0 Å². The van der Waals surface area contributed by atoms with Gasteiger partial charge in [0, 0.05) is 18.6 Å². The van der Waals surface area contributed by atoms with Gasteiger partial charge in [-0.05, 0) is 32.4 Å². The number of rotatable bonds is 3. The van der Waals surface area contributed by atoms with Gasteiger partial charge in [0.1, 0.15) is 5.60 Å². The Kier molecular flexibility index (Phi) is 6.60. The molecule has 0 saturated carbocycles. The van der Waals surface area contributed by atoms with Crippen LogP contribution in [0.3, 0.4) is 0 Å². The van der Waals surface area contributed by atoms with Crippen LogP contribution in [-0.4, -0.2) is 22.6 Å². The summed E-state index contributed by atoms with van der Waals surface area (Å²) in [5.74, 6) is -1.23. The van der Waals surface area contributed by atoms with E-state index < -0.39 is 17.7 Å². The average Bonchev–Trinajstić information content (AvgIpc) is 2.17. The standard InChI is InChI=1S/C12H16N2O4.Li/c1-12(2,3)18-11(17)14-9-7-13-5-4-8(9)6-10(15)16;/h4-5,7H,6H2,1-3H3,(H,14,17)(H,15,16);/q;+1/p-1. The van der Waals surface area contributed by atoms with Crippen LogP contribution in [-0.2, 0) is 16.0 Å². The molecule has 0 bridgehead atoms. The molecule has 1 N–H and O–H groups in total. The quantitative estimate of drug-likeness (QED) is 0.617. The van der Waals surface area contributed by atoms with Crippen molar-refractivity contribution in [2.75, 3.05) is 5.32 Å². The van der Waals surface area contributed by atoms with Crippen molar-refractivity contribution in [3.63, 3.8) is 0 Å². The zero-order chi connectivity index (χ0) is 13.8. The second-order valence-corrected chi connectivity index (χ2v) is 4.71. The van der Waals surface area contributed by atoms with Crippen LogP contribution in [0.2, 0.25) is 0 Å². The number of nitrogens with zero attached hydrogens (tertiary/aromatic N) is 1. The van der Waals surface area contributed by atoms with Gasteiger partial charge in [-0.25, -0.2) is 4.79 Å². The predicted octanol–water partition coefficient (Wildman–Crippen LogP) is -2.27. The molecule has 1 aromatic heterocycles. The first-order valence-electron chi connectivity index (χ1n) is 5.40. The molecule has 0 aliphatic heterocycles. The van der Waals surface area contributed by atoms with Crippen molar-refractivity contribution >= 4 is 17.7 Å². The van der Waals surface area contributed by atoms with Crippen LogP contribution in [0.1, 0.15) is 26.3 Å². The van der Waals surface area contributed by atoms with Crippen LogP contribution in [0.25, 0.3) is 0 Å². The molecule has 0 atom stereocenters. The minimum absolute atomic E-state index is 0. The van der Waals surface area contributed by atoms with E-state index in [0.29, 0.717) is 11.3 Å². The number of hydrogen-bond acceptors (Lipinski definition) is 5. The number of ether oxygens (including phenoxy) is 1. The molecule has 0 aromatic carbocycles. The van der Waals surface area contributed by atoms with Crippen molar-refractivity contribution in [2.45, 2.75) is 32.8 Å². The molecule has 0 unspecified atom stereocenters. The molecule has 1 rings (SSSR count). The van der Waals surface area contributed by atoms with Crippen LogP contribution in [0.15, 0.2) is 18.5 Å². The minimum atomic E-state index is -1.23. The van der Waals surface area contributed by atoms with Crippen LogP contribution in [0.4, 0.5) is 10.5 Å². The molecule has 19 heavy (non-hydrogen) atoms. The van der Waals surface area contributed by atoms with Gasteiger partial charge in [0.15, 0.2) is 0 Å². The van der Waals surface area contributed by atoms with Gasteiger partial charge in [-0.15, -0.1) is 0 Å². The Bertz CT molecular complexity index is 457. The molecule has 0 aliphatic rings. The number of amides is 1. The first kappa shape index (κ1) is 17.5. The molecule has 0 spiro atoms. The molecule has 1 aromatic rings. The number of carboxylic acid groups (broad SMARTS) is 1. The Labute approximate surface area is 123 Å².